The Morgan fingerprint density at radius 1 is 1.39 bits per heavy atom. The Balaban J connectivity index is 2.26. The molecule has 18 heavy (non-hydrogen) atoms. The van der Waals surface area contributed by atoms with Crippen molar-refractivity contribution in [1.29, 1.82) is 0 Å². The van der Waals surface area contributed by atoms with Gasteiger partial charge >= 0.3 is 0 Å². The first kappa shape index (κ1) is 12.9. The number of para-hydroxylation sites is 1. The summed E-state index contributed by atoms with van der Waals surface area (Å²) in [5.74, 6) is 0.869. The zero-order chi connectivity index (χ0) is 13.2. The van der Waals surface area contributed by atoms with Gasteiger partial charge in [0.1, 0.15) is 6.10 Å². The summed E-state index contributed by atoms with van der Waals surface area (Å²) in [5, 5.41) is 0. The number of methoxy groups -OCH3 is 1. The number of benzene rings is 1. The number of hydrogen-bond acceptors (Lipinski definition) is 5. The quantitative estimate of drug-likeness (QED) is 0.765. The van der Waals surface area contributed by atoms with Crippen molar-refractivity contribution in [2.45, 2.75) is 12.5 Å². The Morgan fingerprint density at radius 3 is 2.72 bits per heavy atom. The van der Waals surface area contributed by atoms with Crippen LogP contribution in [0, 0.1) is 0 Å². The SMILES string of the molecule is COc1cccc(C=O)c1OC1CCS(=O)(=O)C1. The van der Waals surface area contributed by atoms with Crippen molar-refractivity contribution in [3.63, 3.8) is 0 Å². The fourth-order valence-corrected chi connectivity index (χ4v) is 3.52. The third-order valence-corrected chi connectivity index (χ3v) is 4.57. The number of aldehydes is 1. The third kappa shape index (κ3) is 2.64. The minimum atomic E-state index is -3.01. The van der Waals surface area contributed by atoms with E-state index in [0.29, 0.717) is 29.8 Å². The van der Waals surface area contributed by atoms with E-state index in [2.05, 4.69) is 0 Å². The first-order valence-corrected chi connectivity index (χ1v) is 7.37. The lowest BCUT2D eigenvalue weighted by atomic mass is 10.2. The number of carbonyl (C=O) groups excluding carboxylic acids is 1. The van der Waals surface area contributed by atoms with Gasteiger partial charge in [0, 0.05) is 0 Å². The van der Waals surface area contributed by atoms with Crippen molar-refractivity contribution < 1.29 is 22.7 Å². The zero-order valence-electron chi connectivity index (χ0n) is 9.96. The number of sulfone groups is 1. The fraction of sp³-hybridized carbons (Fsp3) is 0.417. The first-order chi connectivity index (χ1) is 8.55. The molecule has 0 amide bonds. The lowest BCUT2D eigenvalue weighted by Crippen LogP contribution is -2.18. The van der Waals surface area contributed by atoms with Crippen molar-refractivity contribution in [1.82, 2.24) is 0 Å². The molecule has 6 heteroatoms. The highest BCUT2D eigenvalue weighted by atomic mass is 32.2. The van der Waals surface area contributed by atoms with Crippen LogP contribution >= 0.6 is 0 Å². The Labute approximate surface area is 106 Å². The Morgan fingerprint density at radius 2 is 2.17 bits per heavy atom. The molecular formula is C12H14O5S. The van der Waals surface area contributed by atoms with Gasteiger partial charge < -0.3 is 9.47 Å². The molecule has 0 saturated carbocycles. The van der Waals surface area contributed by atoms with Gasteiger partial charge in [-0.2, -0.15) is 0 Å². The van der Waals surface area contributed by atoms with Crippen LogP contribution < -0.4 is 9.47 Å². The van der Waals surface area contributed by atoms with E-state index < -0.39 is 15.9 Å². The summed E-state index contributed by atoms with van der Waals surface area (Å²) < 4.78 is 33.5. The summed E-state index contributed by atoms with van der Waals surface area (Å²) in [4.78, 5) is 10.9. The predicted molar refractivity (Wildman–Crippen MR) is 66.1 cm³/mol. The van der Waals surface area contributed by atoms with Crippen LogP contribution in [-0.4, -0.2) is 39.4 Å². The average molecular weight is 270 g/mol. The molecule has 1 saturated heterocycles. The van der Waals surface area contributed by atoms with Gasteiger partial charge in [-0.05, 0) is 18.6 Å². The van der Waals surface area contributed by atoms with Crippen LogP contribution in [0.25, 0.3) is 0 Å². The van der Waals surface area contributed by atoms with E-state index in [4.69, 9.17) is 9.47 Å². The molecule has 1 fully saturated rings. The maximum Gasteiger partial charge on any atom is 0.172 e. The standard InChI is InChI=1S/C12H14O5S/c1-16-11-4-2-3-9(7-13)12(11)17-10-5-6-18(14,15)8-10/h2-4,7,10H,5-6,8H2,1H3. The maximum atomic E-state index is 11.4. The van der Waals surface area contributed by atoms with Gasteiger partial charge in [0.2, 0.25) is 0 Å². The van der Waals surface area contributed by atoms with Crippen LogP contribution in [0.3, 0.4) is 0 Å². The van der Waals surface area contributed by atoms with Crippen molar-refractivity contribution in [3.8, 4) is 11.5 Å². The number of rotatable bonds is 4. The summed E-state index contributed by atoms with van der Waals surface area (Å²) in [7, 11) is -1.53. The molecule has 1 aromatic rings. The summed E-state index contributed by atoms with van der Waals surface area (Å²) in [6.07, 6.45) is 0.699. The topological polar surface area (TPSA) is 69.7 Å². The molecule has 1 aliphatic rings. The lowest BCUT2D eigenvalue weighted by Gasteiger charge is -2.16. The molecule has 1 heterocycles. The molecule has 0 aromatic heterocycles. The molecule has 1 aliphatic heterocycles. The van der Waals surface area contributed by atoms with Crippen LogP contribution in [-0.2, 0) is 9.84 Å². The van der Waals surface area contributed by atoms with Crippen molar-refractivity contribution in [3.05, 3.63) is 23.8 Å². The Hall–Kier alpha value is -1.56. The second-order valence-electron chi connectivity index (χ2n) is 4.14. The minimum Gasteiger partial charge on any atom is -0.493 e. The summed E-state index contributed by atoms with van der Waals surface area (Å²) in [6, 6.07) is 4.96. The van der Waals surface area contributed by atoms with Gasteiger partial charge in [-0.3, -0.25) is 4.79 Å². The van der Waals surface area contributed by atoms with E-state index in [-0.39, 0.29) is 11.5 Å². The molecule has 1 atom stereocenters. The molecule has 1 aromatic carbocycles. The summed E-state index contributed by atoms with van der Waals surface area (Å²) >= 11 is 0. The van der Waals surface area contributed by atoms with Crippen LogP contribution in [0.2, 0.25) is 0 Å². The summed E-state index contributed by atoms with van der Waals surface area (Å²) in [6.45, 7) is 0. The molecule has 0 aliphatic carbocycles. The smallest absolute Gasteiger partial charge is 0.172 e. The average Bonchev–Trinajstić information content (AvgIpc) is 2.69. The molecule has 5 nitrogen and oxygen atoms in total. The van der Waals surface area contributed by atoms with Crippen molar-refractivity contribution in [2.24, 2.45) is 0 Å². The first-order valence-electron chi connectivity index (χ1n) is 5.55. The van der Waals surface area contributed by atoms with E-state index in [9.17, 15) is 13.2 Å². The molecule has 0 N–H and O–H groups in total. The number of hydrogen-bond donors (Lipinski definition) is 0. The third-order valence-electron chi connectivity index (χ3n) is 2.83. The molecular weight excluding hydrogens is 256 g/mol. The van der Waals surface area contributed by atoms with Gasteiger partial charge in [0.05, 0.1) is 24.2 Å². The highest BCUT2D eigenvalue weighted by molar-refractivity contribution is 7.91. The number of carbonyl (C=O) groups is 1. The van der Waals surface area contributed by atoms with E-state index in [1.807, 2.05) is 0 Å². The van der Waals surface area contributed by atoms with E-state index in [1.54, 1.807) is 18.2 Å². The normalized spacial score (nSPS) is 21.5. The highest BCUT2D eigenvalue weighted by Crippen LogP contribution is 2.32. The van der Waals surface area contributed by atoms with Crippen LogP contribution in [0.4, 0.5) is 0 Å². The van der Waals surface area contributed by atoms with Gasteiger partial charge in [-0.25, -0.2) is 8.42 Å². The lowest BCUT2D eigenvalue weighted by molar-refractivity contribution is 0.111. The highest BCUT2D eigenvalue weighted by Gasteiger charge is 2.30. The largest absolute Gasteiger partial charge is 0.493 e. The van der Waals surface area contributed by atoms with E-state index in [0.717, 1.165) is 0 Å². The Kier molecular flexibility index (Phi) is 3.56. The Bertz CT molecular complexity index is 550. The second-order valence-corrected chi connectivity index (χ2v) is 6.37. The predicted octanol–water partition coefficient (Wildman–Crippen LogP) is 1.07. The minimum absolute atomic E-state index is 0.0106. The molecule has 0 spiro atoms. The van der Waals surface area contributed by atoms with Crippen molar-refractivity contribution in [2.75, 3.05) is 18.6 Å². The van der Waals surface area contributed by atoms with Crippen LogP contribution in [0.5, 0.6) is 11.5 Å². The van der Waals surface area contributed by atoms with Crippen LogP contribution in [0.1, 0.15) is 16.8 Å². The van der Waals surface area contributed by atoms with Gasteiger partial charge in [-0.1, -0.05) is 6.07 Å². The van der Waals surface area contributed by atoms with Crippen molar-refractivity contribution >= 4 is 16.1 Å². The van der Waals surface area contributed by atoms with Gasteiger partial charge in [0.15, 0.2) is 27.6 Å². The molecule has 0 bridgehead atoms. The molecule has 98 valence electrons. The van der Waals surface area contributed by atoms with Crippen LogP contribution in [0.15, 0.2) is 18.2 Å². The fourth-order valence-electron chi connectivity index (χ4n) is 1.93. The molecule has 0 radical (unpaired) electrons. The molecule has 1 unspecified atom stereocenters. The number of ether oxygens (including phenoxy) is 2. The monoisotopic (exact) mass is 270 g/mol. The van der Waals surface area contributed by atoms with Gasteiger partial charge in [-0.15, -0.1) is 0 Å². The summed E-state index contributed by atoms with van der Waals surface area (Å²) in [5.41, 5.74) is 0.360. The maximum absolute atomic E-state index is 11.4. The van der Waals surface area contributed by atoms with E-state index >= 15 is 0 Å². The van der Waals surface area contributed by atoms with Gasteiger partial charge in [0.25, 0.3) is 0 Å². The zero-order valence-corrected chi connectivity index (χ0v) is 10.8. The molecule has 2 rings (SSSR count). The van der Waals surface area contributed by atoms with E-state index in [1.165, 1.54) is 7.11 Å². The second kappa shape index (κ2) is 4.97.